The lowest BCUT2D eigenvalue weighted by molar-refractivity contribution is 0.0533. The first-order chi connectivity index (χ1) is 7.86. The van der Waals surface area contributed by atoms with Gasteiger partial charge in [0.1, 0.15) is 12.2 Å². The van der Waals surface area contributed by atoms with Gasteiger partial charge in [0, 0.05) is 26.1 Å². The van der Waals surface area contributed by atoms with Crippen LogP contribution in [-0.2, 0) is 11.2 Å². The lowest BCUT2D eigenvalue weighted by Gasteiger charge is -2.26. The molecule has 0 saturated carbocycles. The van der Waals surface area contributed by atoms with Gasteiger partial charge in [0.25, 0.3) is 0 Å². The molecule has 0 spiro atoms. The Bertz CT molecular complexity index is 321. The van der Waals surface area contributed by atoms with Crippen molar-refractivity contribution in [1.29, 1.82) is 0 Å². The molecule has 1 aromatic heterocycles. The van der Waals surface area contributed by atoms with Crippen molar-refractivity contribution in [2.45, 2.75) is 6.42 Å². The number of hydrogen-bond donors (Lipinski definition) is 2. The summed E-state index contributed by atoms with van der Waals surface area (Å²) in [4.78, 5) is 17.4. The van der Waals surface area contributed by atoms with Crippen LogP contribution in [0, 0.1) is 0 Å². The highest BCUT2D eigenvalue weighted by molar-refractivity contribution is 5.74. The highest BCUT2D eigenvalue weighted by atomic mass is 16.5. The number of H-pyrrole nitrogens is 1. The van der Waals surface area contributed by atoms with E-state index in [1.54, 1.807) is 4.90 Å². The Hall–Kier alpha value is -1.63. The second-order valence-electron chi connectivity index (χ2n) is 3.51. The molecule has 1 fully saturated rings. The largest absolute Gasteiger partial charge is 0.378 e. The van der Waals surface area contributed by atoms with E-state index in [0.29, 0.717) is 39.3 Å². The summed E-state index contributed by atoms with van der Waals surface area (Å²) in [7, 11) is 0. The maximum absolute atomic E-state index is 11.6. The minimum atomic E-state index is -0.0391. The van der Waals surface area contributed by atoms with Crippen molar-refractivity contribution < 1.29 is 9.53 Å². The molecule has 0 unspecified atom stereocenters. The van der Waals surface area contributed by atoms with E-state index in [0.717, 1.165) is 5.82 Å². The Kier molecular flexibility index (Phi) is 3.71. The van der Waals surface area contributed by atoms with E-state index >= 15 is 0 Å². The molecule has 2 heterocycles. The fraction of sp³-hybridized carbons (Fsp3) is 0.667. The molecule has 0 atom stereocenters. The molecule has 7 heteroatoms. The normalized spacial score (nSPS) is 16.1. The Morgan fingerprint density at radius 3 is 3.06 bits per heavy atom. The smallest absolute Gasteiger partial charge is 0.317 e. The predicted molar refractivity (Wildman–Crippen MR) is 55.9 cm³/mol. The zero-order valence-electron chi connectivity index (χ0n) is 8.98. The zero-order chi connectivity index (χ0) is 11.2. The van der Waals surface area contributed by atoms with Crippen LogP contribution in [0.25, 0.3) is 0 Å². The van der Waals surface area contributed by atoms with Gasteiger partial charge in [-0.2, -0.15) is 5.10 Å². The van der Waals surface area contributed by atoms with Gasteiger partial charge in [-0.3, -0.25) is 5.10 Å². The third-order valence-electron chi connectivity index (χ3n) is 2.40. The highest BCUT2D eigenvalue weighted by Gasteiger charge is 2.15. The molecule has 0 bridgehead atoms. The monoisotopic (exact) mass is 225 g/mol. The number of nitrogens with one attached hydrogen (secondary N) is 2. The SMILES string of the molecule is O=C(NCCc1ncn[nH]1)N1CCOCC1. The number of nitrogens with zero attached hydrogens (tertiary/aromatic N) is 3. The first-order valence-electron chi connectivity index (χ1n) is 5.31. The van der Waals surface area contributed by atoms with Gasteiger partial charge < -0.3 is 15.0 Å². The van der Waals surface area contributed by atoms with E-state index in [9.17, 15) is 4.79 Å². The number of carbonyl (C=O) groups is 1. The van der Waals surface area contributed by atoms with Crippen molar-refractivity contribution in [1.82, 2.24) is 25.4 Å². The molecule has 1 saturated heterocycles. The maximum Gasteiger partial charge on any atom is 0.317 e. The van der Waals surface area contributed by atoms with Crippen molar-refractivity contribution in [2.24, 2.45) is 0 Å². The molecule has 2 N–H and O–H groups in total. The number of aromatic nitrogens is 3. The summed E-state index contributed by atoms with van der Waals surface area (Å²) in [5.41, 5.74) is 0. The van der Waals surface area contributed by atoms with Gasteiger partial charge in [-0.15, -0.1) is 0 Å². The quantitative estimate of drug-likeness (QED) is 0.718. The first-order valence-corrected chi connectivity index (χ1v) is 5.31. The van der Waals surface area contributed by atoms with Crippen molar-refractivity contribution >= 4 is 6.03 Å². The van der Waals surface area contributed by atoms with Gasteiger partial charge in [-0.05, 0) is 0 Å². The number of hydrogen-bond acceptors (Lipinski definition) is 4. The highest BCUT2D eigenvalue weighted by Crippen LogP contribution is 1.96. The molecule has 0 aliphatic carbocycles. The van der Waals surface area contributed by atoms with Crippen molar-refractivity contribution in [3.05, 3.63) is 12.2 Å². The molecule has 0 radical (unpaired) electrons. The zero-order valence-corrected chi connectivity index (χ0v) is 8.98. The molecule has 88 valence electrons. The standard InChI is InChI=1S/C9H15N5O2/c15-9(14-3-5-16-6-4-14)10-2-1-8-11-7-12-13-8/h7H,1-6H2,(H,10,15)(H,11,12,13). The van der Waals surface area contributed by atoms with E-state index in [-0.39, 0.29) is 6.03 Å². The summed E-state index contributed by atoms with van der Waals surface area (Å²) in [6.07, 6.45) is 2.12. The second kappa shape index (κ2) is 5.45. The number of aromatic amines is 1. The second-order valence-corrected chi connectivity index (χ2v) is 3.51. The first kappa shape index (κ1) is 10.9. The lowest BCUT2D eigenvalue weighted by atomic mass is 10.4. The molecule has 16 heavy (non-hydrogen) atoms. The van der Waals surface area contributed by atoms with Crippen LogP contribution < -0.4 is 5.32 Å². The number of urea groups is 1. The van der Waals surface area contributed by atoms with Gasteiger partial charge in [0.2, 0.25) is 0 Å². The maximum atomic E-state index is 11.6. The summed E-state index contributed by atoms with van der Waals surface area (Å²) in [5, 5.41) is 9.31. The lowest BCUT2D eigenvalue weighted by Crippen LogP contribution is -2.46. The van der Waals surface area contributed by atoms with Crippen molar-refractivity contribution in [2.75, 3.05) is 32.8 Å². The van der Waals surface area contributed by atoms with Gasteiger partial charge in [-0.1, -0.05) is 0 Å². The third-order valence-corrected chi connectivity index (χ3v) is 2.40. The van der Waals surface area contributed by atoms with Gasteiger partial charge in [-0.25, -0.2) is 9.78 Å². The minimum Gasteiger partial charge on any atom is -0.378 e. The Morgan fingerprint density at radius 2 is 2.38 bits per heavy atom. The van der Waals surface area contributed by atoms with E-state index in [2.05, 4.69) is 20.5 Å². The number of morpholine rings is 1. The summed E-state index contributed by atoms with van der Waals surface area (Å²) in [6.45, 7) is 3.12. The van der Waals surface area contributed by atoms with Crippen LogP contribution in [0.3, 0.4) is 0 Å². The molecule has 7 nitrogen and oxygen atoms in total. The molecular weight excluding hydrogens is 210 g/mol. The topological polar surface area (TPSA) is 83.1 Å². The summed E-state index contributed by atoms with van der Waals surface area (Å²) in [5.74, 6) is 0.780. The van der Waals surface area contributed by atoms with Crippen LogP contribution in [0.15, 0.2) is 6.33 Å². The Morgan fingerprint density at radius 1 is 1.56 bits per heavy atom. The molecule has 1 aromatic rings. The van der Waals surface area contributed by atoms with Crippen LogP contribution in [0.5, 0.6) is 0 Å². The fourth-order valence-electron chi connectivity index (χ4n) is 1.52. The number of amides is 2. The fourth-order valence-corrected chi connectivity index (χ4v) is 1.52. The predicted octanol–water partition coefficient (Wildman–Crippen LogP) is -0.611. The van der Waals surface area contributed by atoms with E-state index in [1.807, 2.05) is 0 Å². The summed E-state index contributed by atoms with van der Waals surface area (Å²) in [6, 6.07) is -0.0391. The molecule has 2 rings (SSSR count). The third kappa shape index (κ3) is 2.93. The molecular formula is C9H15N5O2. The van der Waals surface area contributed by atoms with E-state index in [4.69, 9.17) is 4.74 Å². The number of rotatable bonds is 3. The Balaban J connectivity index is 1.67. The van der Waals surface area contributed by atoms with Crippen molar-refractivity contribution in [3.8, 4) is 0 Å². The molecule has 0 aromatic carbocycles. The average Bonchev–Trinajstić information content (AvgIpc) is 2.83. The van der Waals surface area contributed by atoms with Crippen LogP contribution in [0.4, 0.5) is 4.79 Å². The van der Waals surface area contributed by atoms with E-state index < -0.39 is 0 Å². The van der Waals surface area contributed by atoms with E-state index in [1.165, 1.54) is 6.33 Å². The Labute approximate surface area is 93.2 Å². The average molecular weight is 225 g/mol. The van der Waals surface area contributed by atoms with Crippen LogP contribution >= 0.6 is 0 Å². The number of carbonyl (C=O) groups excluding carboxylic acids is 1. The van der Waals surface area contributed by atoms with Crippen LogP contribution in [0.2, 0.25) is 0 Å². The number of ether oxygens (including phenoxy) is 1. The van der Waals surface area contributed by atoms with Crippen LogP contribution in [-0.4, -0.2) is 59.0 Å². The van der Waals surface area contributed by atoms with Crippen LogP contribution in [0.1, 0.15) is 5.82 Å². The molecule has 2 amide bonds. The van der Waals surface area contributed by atoms with Gasteiger partial charge in [0.15, 0.2) is 0 Å². The summed E-state index contributed by atoms with van der Waals surface area (Å²) < 4.78 is 5.17. The minimum absolute atomic E-state index is 0.0391. The van der Waals surface area contributed by atoms with Crippen molar-refractivity contribution in [3.63, 3.8) is 0 Å². The summed E-state index contributed by atoms with van der Waals surface area (Å²) >= 11 is 0. The van der Waals surface area contributed by atoms with Gasteiger partial charge >= 0.3 is 6.03 Å². The molecule has 1 aliphatic rings. The molecule has 1 aliphatic heterocycles. The van der Waals surface area contributed by atoms with Gasteiger partial charge in [0.05, 0.1) is 13.2 Å².